The number of carbonyl (C=O) groups excluding carboxylic acids is 2. The van der Waals surface area contributed by atoms with Crippen LogP contribution in [0.25, 0.3) is 0 Å². The number of carbonyl (C=O) groups is 2. The van der Waals surface area contributed by atoms with Crippen LogP contribution in [0.1, 0.15) is 22.0 Å². The summed E-state index contributed by atoms with van der Waals surface area (Å²) in [4.78, 5) is 23.7. The van der Waals surface area contributed by atoms with Gasteiger partial charge < -0.3 is 15.7 Å². The fourth-order valence-electron chi connectivity index (χ4n) is 1.99. The molecule has 0 radical (unpaired) electrons. The molecule has 5 nitrogen and oxygen atoms in total. The van der Waals surface area contributed by atoms with Crippen LogP contribution in [0.15, 0.2) is 54.6 Å². The number of amides is 2. The first-order valence-corrected chi connectivity index (χ1v) is 7.51. The van der Waals surface area contributed by atoms with Gasteiger partial charge in [0.2, 0.25) is 0 Å². The van der Waals surface area contributed by atoms with Crippen molar-refractivity contribution in [2.24, 2.45) is 0 Å². The van der Waals surface area contributed by atoms with Gasteiger partial charge in [-0.1, -0.05) is 54.1 Å². The molecule has 6 heteroatoms. The topological polar surface area (TPSA) is 78.4 Å². The molecule has 0 aliphatic carbocycles. The standard InChI is InChI=1S/C17H17ClN2O3/c18-14-9-5-4-8-13(14)16(22)19-10-11-20-17(23)15(21)12-6-2-1-3-7-12/h1-9,15,21H,10-11H2,(H,19,22)(H,20,23). The summed E-state index contributed by atoms with van der Waals surface area (Å²) in [6.07, 6.45) is -1.23. The number of aliphatic hydroxyl groups excluding tert-OH is 1. The third kappa shape index (κ3) is 4.81. The van der Waals surface area contributed by atoms with Crippen LogP contribution in [0.5, 0.6) is 0 Å². The van der Waals surface area contributed by atoms with Crippen LogP contribution in [0, 0.1) is 0 Å². The molecule has 23 heavy (non-hydrogen) atoms. The monoisotopic (exact) mass is 332 g/mol. The maximum absolute atomic E-state index is 11.9. The lowest BCUT2D eigenvalue weighted by Crippen LogP contribution is -2.37. The van der Waals surface area contributed by atoms with Crippen molar-refractivity contribution in [2.75, 3.05) is 13.1 Å². The van der Waals surface area contributed by atoms with Crippen molar-refractivity contribution < 1.29 is 14.7 Å². The van der Waals surface area contributed by atoms with Crippen molar-refractivity contribution in [3.05, 3.63) is 70.7 Å². The van der Waals surface area contributed by atoms with Crippen molar-refractivity contribution in [3.63, 3.8) is 0 Å². The van der Waals surface area contributed by atoms with Gasteiger partial charge in [0.05, 0.1) is 10.6 Å². The average molecular weight is 333 g/mol. The van der Waals surface area contributed by atoms with E-state index in [1.807, 2.05) is 0 Å². The van der Waals surface area contributed by atoms with E-state index < -0.39 is 12.0 Å². The molecule has 0 saturated heterocycles. The smallest absolute Gasteiger partial charge is 0.253 e. The zero-order valence-corrected chi connectivity index (χ0v) is 13.1. The van der Waals surface area contributed by atoms with E-state index in [1.54, 1.807) is 54.6 Å². The SMILES string of the molecule is O=C(NCCNC(=O)C(O)c1ccccc1)c1ccccc1Cl. The Morgan fingerprint density at radius 1 is 0.957 bits per heavy atom. The Hall–Kier alpha value is -2.37. The minimum absolute atomic E-state index is 0.207. The molecule has 2 aromatic rings. The highest BCUT2D eigenvalue weighted by Crippen LogP contribution is 2.14. The number of aliphatic hydroxyl groups is 1. The van der Waals surface area contributed by atoms with E-state index in [0.29, 0.717) is 16.1 Å². The van der Waals surface area contributed by atoms with Crippen LogP contribution in [-0.4, -0.2) is 30.0 Å². The minimum atomic E-state index is -1.23. The van der Waals surface area contributed by atoms with Gasteiger partial charge in [0.25, 0.3) is 11.8 Å². The Morgan fingerprint density at radius 3 is 2.26 bits per heavy atom. The Bertz CT molecular complexity index is 677. The fourth-order valence-corrected chi connectivity index (χ4v) is 2.21. The fraction of sp³-hybridized carbons (Fsp3) is 0.176. The number of nitrogens with one attached hydrogen (secondary N) is 2. The largest absolute Gasteiger partial charge is 0.378 e. The van der Waals surface area contributed by atoms with E-state index >= 15 is 0 Å². The van der Waals surface area contributed by atoms with Gasteiger partial charge in [0.1, 0.15) is 0 Å². The lowest BCUT2D eigenvalue weighted by atomic mass is 10.1. The first kappa shape index (κ1) is 17.0. The normalized spacial score (nSPS) is 11.6. The molecule has 120 valence electrons. The maximum Gasteiger partial charge on any atom is 0.253 e. The molecule has 0 spiro atoms. The minimum Gasteiger partial charge on any atom is -0.378 e. The molecule has 0 fully saturated rings. The molecule has 0 heterocycles. The molecular formula is C17H17ClN2O3. The van der Waals surface area contributed by atoms with Gasteiger partial charge in [-0.05, 0) is 17.7 Å². The van der Waals surface area contributed by atoms with Crippen molar-refractivity contribution in [2.45, 2.75) is 6.10 Å². The van der Waals surface area contributed by atoms with Gasteiger partial charge in [-0.25, -0.2) is 0 Å². The third-order valence-electron chi connectivity index (χ3n) is 3.19. The van der Waals surface area contributed by atoms with Crippen molar-refractivity contribution in [3.8, 4) is 0 Å². The number of benzene rings is 2. The van der Waals surface area contributed by atoms with Crippen LogP contribution in [0.4, 0.5) is 0 Å². The van der Waals surface area contributed by atoms with Crippen LogP contribution < -0.4 is 10.6 Å². The van der Waals surface area contributed by atoms with Gasteiger partial charge in [0.15, 0.2) is 6.10 Å². The summed E-state index contributed by atoms with van der Waals surface area (Å²) in [5.74, 6) is -0.823. The Balaban J connectivity index is 1.76. The first-order chi connectivity index (χ1) is 11.1. The van der Waals surface area contributed by atoms with Crippen LogP contribution in [0.2, 0.25) is 5.02 Å². The van der Waals surface area contributed by atoms with E-state index in [-0.39, 0.29) is 19.0 Å². The molecule has 0 bridgehead atoms. The van der Waals surface area contributed by atoms with E-state index in [0.717, 1.165) is 0 Å². The summed E-state index contributed by atoms with van der Waals surface area (Å²) in [7, 11) is 0. The molecule has 2 rings (SSSR count). The van der Waals surface area contributed by atoms with E-state index in [1.165, 1.54) is 0 Å². The summed E-state index contributed by atoms with van der Waals surface area (Å²) < 4.78 is 0. The number of rotatable bonds is 6. The molecule has 0 aromatic heterocycles. The van der Waals surface area contributed by atoms with Gasteiger partial charge in [-0.2, -0.15) is 0 Å². The lowest BCUT2D eigenvalue weighted by molar-refractivity contribution is -0.129. The quantitative estimate of drug-likeness (QED) is 0.707. The zero-order chi connectivity index (χ0) is 16.7. The van der Waals surface area contributed by atoms with Crippen molar-refractivity contribution in [1.82, 2.24) is 10.6 Å². The summed E-state index contributed by atoms with van der Waals surface area (Å²) in [5, 5.41) is 15.5. The highest BCUT2D eigenvalue weighted by Gasteiger charge is 2.16. The Kier molecular flexibility index (Phi) is 6.14. The molecule has 2 amide bonds. The highest BCUT2D eigenvalue weighted by molar-refractivity contribution is 6.33. The summed E-state index contributed by atoms with van der Waals surface area (Å²) >= 11 is 5.93. The van der Waals surface area contributed by atoms with E-state index in [4.69, 9.17) is 11.6 Å². The molecule has 3 N–H and O–H groups in total. The second-order valence-corrected chi connectivity index (χ2v) is 5.25. The van der Waals surface area contributed by atoms with Gasteiger partial charge >= 0.3 is 0 Å². The van der Waals surface area contributed by atoms with Crippen LogP contribution >= 0.6 is 11.6 Å². The second-order valence-electron chi connectivity index (χ2n) is 4.84. The molecule has 1 atom stereocenters. The molecule has 1 unspecified atom stereocenters. The first-order valence-electron chi connectivity index (χ1n) is 7.13. The summed E-state index contributed by atoms with van der Waals surface area (Å²) in [5.41, 5.74) is 0.898. The number of halogens is 1. The maximum atomic E-state index is 11.9. The molecule has 0 aliphatic rings. The van der Waals surface area contributed by atoms with Crippen LogP contribution in [-0.2, 0) is 4.79 Å². The average Bonchev–Trinajstić information content (AvgIpc) is 2.58. The number of hydrogen-bond acceptors (Lipinski definition) is 3. The van der Waals surface area contributed by atoms with Crippen molar-refractivity contribution >= 4 is 23.4 Å². The van der Waals surface area contributed by atoms with Gasteiger partial charge in [0, 0.05) is 13.1 Å². The summed E-state index contributed by atoms with van der Waals surface area (Å²) in [6, 6.07) is 15.4. The zero-order valence-electron chi connectivity index (χ0n) is 12.3. The summed E-state index contributed by atoms with van der Waals surface area (Å²) in [6.45, 7) is 0.441. The number of hydrogen-bond donors (Lipinski definition) is 3. The Labute approximate surface area is 139 Å². The third-order valence-corrected chi connectivity index (χ3v) is 3.52. The second kappa shape index (κ2) is 8.31. The van der Waals surface area contributed by atoms with Crippen molar-refractivity contribution in [1.29, 1.82) is 0 Å². The predicted octanol–water partition coefficient (Wildman–Crippen LogP) is 1.92. The molecular weight excluding hydrogens is 316 g/mol. The lowest BCUT2D eigenvalue weighted by Gasteiger charge is -2.12. The Morgan fingerprint density at radius 2 is 1.57 bits per heavy atom. The van der Waals surface area contributed by atoms with Gasteiger partial charge in [-0.15, -0.1) is 0 Å². The van der Waals surface area contributed by atoms with E-state index in [2.05, 4.69) is 10.6 Å². The highest BCUT2D eigenvalue weighted by atomic mass is 35.5. The molecule has 0 saturated carbocycles. The van der Waals surface area contributed by atoms with Crippen LogP contribution in [0.3, 0.4) is 0 Å². The molecule has 2 aromatic carbocycles. The van der Waals surface area contributed by atoms with E-state index in [9.17, 15) is 14.7 Å². The predicted molar refractivity (Wildman–Crippen MR) is 88.2 cm³/mol. The molecule has 0 aliphatic heterocycles. The van der Waals surface area contributed by atoms with Gasteiger partial charge in [-0.3, -0.25) is 9.59 Å².